The molecule has 3 fully saturated rings. The lowest BCUT2D eigenvalue weighted by molar-refractivity contribution is -0.289. The highest BCUT2D eigenvalue weighted by molar-refractivity contribution is 6.38. The number of carboxylic acid groups (broad SMARTS) is 1. The number of aliphatic carboxylic acids is 1. The van der Waals surface area contributed by atoms with Crippen molar-refractivity contribution in [1.29, 1.82) is 0 Å². The van der Waals surface area contributed by atoms with Crippen LogP contribution in [-0.2, 0) is 25.8 Å². The van der Waals surface area contributed by atoms with Crippen LogP contribution in [0.25, 0.3) is 0 Å². The lowest BCUT2D eigenvalue weighted by atomic mass is 9.73. The first-order valence-corrected chi connectivity index (χ1v) is 14.2. The van der Waals surface area contributed by atoms with Crippen LogP contribution in [0.1, 0.15) is 30.4 Å². The van der Waals surface area contributed by atoms with Crippen LogP contribution < -0.4 is 10.2 Å². The van der Waals surface area contributed by atoms with Crippen LogP contribution in [0.2, 0.25) is 10.0 Å². The molecule has 7 nitrogen and oxygen atoms in total. The lowest BCUT2D eigenvalue weighted by Gasteiger charge is -2.36. The summed E-state index contributed by atoms with van der Waals surface area (Å²) in [7, 11) is 0. The van der Waals surface area contributed by atoms with Gasteiger partial charge in [0.15, 0.2) is 0 Å². The van der Waals surface area contributed by atoms with Gasteiger partial charge in [-0.15, -0.1) is 0 Å². The Balaban J connectivity index is 1.51. The Morgan fingerprint density at radius 3 is 2.39 bits per heavy atom. The van der Waals surface area contributed by atoms with Crippen molar-refractivity contribution in [2.45, 2.75) is 48.9 Å². The SMILES string of the molecule is O=C(O)[C@H]1[C@@H](C(=O)N(CC2CC2)c2cccc(C(F)(F)C(F)(F)F)c2)[C@H]2CC(F)(F)CN2[C@]12C(=O)Nc1c(Cl)cc(Cl)cc12. The minimum Gasteiger partial charge on any atom is -0.481 e. The van der Waals surface area contributed by atoms with Gasteiger partial charge in [0, 0.05) is 40.8 Å². The predicted molar refractivity (Wildman–Crippen MR) is 143 cm³/mol. The molecule has 0 aromatic heterocycles. The van der Waals surface area contributed by atoms with Gasteiger partial charge in [-0.2, -0.15) is 22.0 Å². The molecule has 6 rings (SSSR count). The molecule has 44 heavy (non-hydrogen) atoms. The normalized spacial score (nSPS) is 27.8. The number of hydrogen-bond donors (Lipinski definition) is 2. The highest BCUT2D eigenvalue weighted by Gasteiger charge is 2.75. The number of carboxylic acids is 1. The molecule has 2 N–H and O–H groups in total. The van der Waals surface area contributed by atoms with Gasteiger partial charge in [0.05, 0.1) is 23.2 Å². The third-order valence-corrected chi connectivity index (χ3v) is 9.38. The Morgan fingerprint density at radius 1 is 1.09 bits per heavy atom. The maximum Gasteiger partial charge on any atom is 0.458 e. The smallest absolute Gasteiger partial charge is 0.458 e. The van der Waals surface area contributed by atoms with Gasteiger partial charge in [0.25, 0.3) is 11.8 Å². The summed E-state index contributed by atoms with van der Waals surface area (Å²) in [4.78, 5) is 43.0. The molecule has 1 aliphatic carbocycles. The van der Waals surface area contributed by atoms with Gasteiger partial charge in [-0.1, -0.05) is 35.3 Å². The second kappa shape index (κ2) is 9.95. The standard InChI is InChI=1S/C28H22Cl2F7N3O4/c29-14-7-16-21(17(30)8-14)38-24(44)26(16)20(23(42)43)19(18-9-25(31,32)11-40(18)26)22(41)39(10-12-4-5-12)15-3-1-2-13(6-15)27(33,34)28(35,36)37/h1-3,6-8,12,18-20H,4-5,9-11H2,(H,38,44)(H,42,43)/t18-,19+,20-,26+/m1/s1. The van der Waals surface area contributed by atoms with E-state index < -0.39 is 83.4 Å². The fourth-order valence-electron chi connectivity index (χ4n) is 6.87. The molecule has 4 atom stereocenters. The van der Waals surface area contributed by atoms with E-state index in [-0.39, 0.29) is 33.8 Å². The Kier molecular flexibility index (Phi) is 6.99. The van der Waals surface area contributed by atoms with E-state index in [1.54, 1.807) is 0 Å². The number of carbonyl (C=O) groups excluding carboxylic acids is 2. The maximum absolute atomic E-state index is 15.1. The summed E-state index contributed by atoms with van der Waals surface area (Å²) in [5.41, 5.74) is -4.41. The maximum atomic E-state index is 15.1. The van der Waals surface area contributed by atoms with E-state index in [4.69, 9.17) is 23.2 Å². The number of alkyl halides is 7. The zero-order valence-electron chi connectivity index (χ0n) is 22.3. The number of amides is 2. The monoisotopic (exact) mass is 667 g/mol. The Bertz CT molecular complexity index is 1580. The van der Waals surface area contributed by atoms with E-state index in [1.165, 1.54) is 12.1 Å². The summed E-state index contributed by atoms with van der Waals surface area (Å²) < 4.78 is 98.3. The van der Waals surface area contributed by atoms with Gasteiger partial charge in [0.2, 0.25) is 5.91 Å². The van der Waals surface area contributed by atoms with Gasteiger partial charge >= 0.3 is 18.1 Å². The van der Waals surface area contributed by atoms with Gasteiger partial charge in [-0.25, -0.2) is 8.78 Å². The average Bonchev–Trinajstić information content (AvgIpc) is 3.54. The third-order valence-electron chi connectivity index (χ3n) is 8.87. The van der Waals surface area contributed by atoms with E-state index >= 15 is 8.78 Å². The molecule has 236 valence electrons. The number of nitrogens with zero attached hydrogens (tertiary/aromatic N) is 2. The van der Waals surface area contributed by atoms with E-state index in [9.17, 15) is 41.4 Å². The minimum absolute atomic E-state index is 0.0381. The lowest BCUT2D eigenvalue weighted by Crippen LogP contribution is -2.54. The number of benzene rings is 2. The number of nitrogens with one attached hydrogen (secondary N) is 1. The second-order valence-corrected chi connectivity index (χ2v) is 12.5. The molecule has 2 amide bonds. The molecule has 3 aliphatic heterocycles. The van der Waals surface area contributed by atoms with Crippen molar-refractivity contribution in [1.82, 2.24) is 4.90 Å². The Hall–Kier alpha value is -3.10. The van der Waals surface area contributed by atoms with Crippen LogP contribution in [-0.4, -0.2) is 59.0 Å². The molecule has 1 spiro atoms. The van der Waals surface area contributed by atoms with E-state index in [0.29, 0.717) is 25.0 Å². The number of fused-ring (bicyclic) bond motifs is 4. The van der Waals surface area contributed by atoms with Crippen LogP contribution in [0.3, 0.4) is 0 Å². The molecular weight excluding hydrogens is 646 g/mol. The molecule has 16 heteroatoms. The van der Waals surface area contributed by atoms with Crippen molar-refractivity contribution >= 4 is 52.4 Å². The zero-order valence-corrected chi connectivity index (χ0v) is 23.8. The van der Waals surface area contributed by atoms with Crippen LogP contribution in [0.15, 0.2) is 36.4 Å². The van der Waals surface area contributed by atoms with Crippen molar-refractivity contribution < 1.29 is 50.2 Å². The predicted octanol–water partition coefficient (Wildman–Crippen LogP) is 6.28. The van der Waals surface area contributed by atoms with E-state index in [1.807, 2.05) is 0 Å². The number of anilines is 2. The van der Waals surface area contributed by atoms with Crippen LogP contribution in [0.4, 0.5) is 42.1 Å². The summed E-state index contributed by atoms with van der Waals surface area (Å²) >= 11 is 12.5. The van der Waals surface area contributed by atoms with Crippen molar-refractivity contribution in [3.8, 4) is 0 Å². The highest BCUT2D eigenvalue weighted by atomic mass is 35.5. The summed E-state index contributed by atoms with van der Waals surface area (Å²) in [6.07, 6.45) is -5.81. The number of hydrogen-bond acceptors (Lipinski definition) is 4. The molecule has 0 radical (unpaired) electrons. The van der Waals surface area contributed by atoms with Gasteiger partial charge in [-0.05, 0) is 43.0 Å². The van der Waals surface area contributed by atoms with Gasteiger partial charge in [-0.3, -0.25) is 19.3 Å². The average molecular weight is 668 g/mol. The quantitative estimate of drug-likeness (QED) is 0.354. The number of rotatable bonds is 6. The van der Waals surface area contributed by atoms with Crippen molar-refractivity contribution in [3.05, 3.63) is 57.6 Å². The fraction of sp³-hybridized carbons (Fsp3) is 0.464. The summed E-state index contributed by atoms with van der Waals surface area (Å²) in [6, 6.07) is 3.94. The number of halogens is 9. The number of carbonyl (C=O) groups is 3. The van der Waals surface area contributed by atoms with E-state index in [0.717, 1.165) is 21.9 Å². The summed E-state index contributed by atoms with van der Waals surface area (Å²) in [5, 5.41) is 12.9. The minimum atomic E-state index is -5.95. The molecule has 2 saturated heterocycles. The fourth-order valence-corrected chi connectivity index (χ4v) is 7.42. The van der Waals surface area contributed by atoms with Crippen LogP contribution >= 0.6 is 23.2 Å². The zero-order chi connectivity index (χ0) is 32.1. The molecule has 0 unspecified atom stereocenters. The Morgan fingerprint density at radius 2 is 1.77 bits per heavy atom. The first-order valence-electron chi connectivity index (χ1n) is 13.4. The molecule has 2 aromatic carbocycles. The van der Waals surface area contributed by atoms with Gasteiger partial charge < -0.3 is 15.3 Å². The van der Waals surface area contributed by atoms with Crippen molar-refractivity contribution in [3.63, 3.8) is 0 Å². The molecule has 1 saturated carbocycles. The van der Waals surface area contributed by atoms with E-state index in [2.05, 4.69) is 5.32 Å². The van der Waals surface area contributed by atoms with Crippen molar-refractivity contribution in [2.75, 3.05) is 23.3 Å². The van der Waals surface area contributed by atoms with Crippen LogP contribution in [0.5, 0.6) is 0 Å². The molecular formula is C28H22Cl2F7N3O4. The first-order chi connectivity index (χ1) is 20.4. The van der Waals surface area contributed by atoms with Gasteiger partial charge in [0.1, 0.15) is 11.5 Å². The van der Waals surface area contributed by atoms with Crippen molar-refractivity contribution in [2.24, 2.45) is 17.8 Å². The Labute approximate surface area is 254 Å². The second-order valence-electron chi connectivity index (χ2n) is 11.6. The molecule has 4 aliphatic rings. The largest absolute Gasteiger partial charge is 0.481 e. The van der Waals surface area contributed by atoms with Crippen LogP contribution in [0, 0.1) is 17.8 Å². The first kappa shape index (κ1) is 30.9. The topological polar surface area (TPSA) is 90.0 Å². The highest BCUT2D eigenvalue weighted by Crippen LogP contribution is 2.61. The summed E-state index contributed by atoms with van der Waals surface area (Å²) in [5.74, 6) is -16.6. The molecule has 0 bridgehead atoms. The molecule has 3 heterocycles. The third kappa shape index (κ3) is 4.54. The molecule has 2 aromatic rings. The summed E-state index contributed by atoms with van der Waals surface area (Å²) in [6.45, 7) is -1.29.